The zero-order chi connectivity index (χ0) is 17.5. The van der Waals surface area contributed by atoms with Crippen molar-refractivity contribution in [1.29, 1.82) is 0 Å². The molecule has 0 aromatic heterocycles. The van der Waals surface area contributed by atoms with Gasteiger partial charge in [-0.3, -0.25) is 4.79 Å². The van der Waals surface area contributed by atoms with Crippen LogP contribution in [0, 0.1) is 0 Å². The third kappa shape index (κ3) is 4.51. The first-order valence-electron chi connectivity index (χ1n) is 8.01. The summed E-state index contributed by atoms with van der Waals surface area (Å²) in [7, 11) is 0. The Bertz CT molecular complexity index is 689. The van der Waals surface area contributed by atoms with Gasteiger partial charge in [0.15, 0.2) is 11.5 Å². The van der Waals surface area contributed by atoms with E-state index in [9.17, 15) is 4.79 Å². The fraction of sp³-hybridized carbons (Fsp3) is 0.316. The normalized spacial score (nSPS) is 11.7. The van der Waals surface area contributed by atoms with E-state index in [0.29, 0.717) is 30.3 Å². The van der Waals surface area contributed by atoms with Crippen LogP contribution in [-0.2, 0) is 0 Å². The number of benzene rings is 2. The third-order valence-electron chi connectivity index (χ3n) is 3.51. The van der Waals surface area contributed by atoms with E-state index >= 15 is 0 Å². The molecule has 0 aliphatic carbocycles. The van der Waals surface area contributed by atoms with E-state index in [2.05, 4.69) is 21.2 Å². The van der Waals surface area contributed by atoms with E-state index in [4.69, 9.17) is 9.47 Å². The number of hydrogen-bond acceptors (Lipinski definition) is 3. The van der Waals surface area contributed by atoms with Crippen molar-refractivity contribution in [2.75, 3.05) is 13.2 Å². The molecule has 0 aliphatic heterocycles. The topological polar surface area (TPSA) is 47.6 Å². The van der Waals surface area contributed by atoms with Crippen molar-refractivity contribution in [2.24, 2.45) is 0 Å². The number of hydrogen-bond donors (Lipinski definition) is 1. The minimum atomic E-state index is -0.179. The maximum atomic E-state index is 12.3. The second-order valence-corrected chi connectivity index (χ2v) is 6.10. The van der Waals surface area contributed by atoms with Gasteiger partial charge in [-0.05, 0) is 50.6 Å². The van der Waals surface area contributed by atoms with E-state index < -0.39 is 0 Å². The molecule has 0 radical (unpaired) electrons. The van der Waals surface area contributed by atoms with Crippen molar-refractivity contribution in [2.45, 2.75) is 26.8 Å². The molecule has 2 rings (SSSR count). The number of ether oxygens (including phenoxy) is 2. The average molecular weight is 392 g/mol. The molecule has 1 unspecified atom stereocenters. The van der Waals surface area contributed by atoms with E-state index in [0.717, 1.165) is 10.0 Å². The smallest absolute Gasteiger partial charge is 0.251 e. The Hall–Kier alpha value is -2.01. The van der Waals surface area contributed by atoms with Gasteiger partial charge in [0.2, 0.25) is 0 Å². The van der Waals surface area contributed by atoms with Gasteiger partial charge in [0.05, 0.1) is 19.3 Å². The molecule has 24 heavy (non-hydrogen) atoms. The molecule has 128 valence electrons. The Balaban J connectivity index is 2.23. The second kappa shape index (κ2) is 8.73. The van der Waals surface area contributed by atoms with Gasteiger partial charge in [0, 0.05) is 10.0 Å². The SMILES string of the molecule is CCOc1cc(Br)c(C(C)NC(=O)c2ccccc2)cc1OCC. The minimum Gasteiger partial charge on any atom is -0.490 e. The van der Waals surface area contributed by atoms with Crippen molar-refractivity contribution >= 4 is 21.8 Å². The lowest BCUT2D eigenvalue weighted by Gasteiger charge is -2.19. The molecule has 0 bridgehead atoms. The predicted octanol–water partition coefficient (Wildman–Crippen LogP) is 4.74. The van der Waals surface area contributed by atoms with Gasteiger partial charge in [-0.2, -0.15) is 0 Å². The number of carbonyl (C=O) groups excluding carboxylic acids is 1. The van der Waals surface area contributed by atoms with Crippen molar-refractivity contribution < 1.29 is 14.3 Å². The molecular weight excluding hydrogens is 370 g/mol. The molecule has 1 amide bonds. The molecule has 0 spiro atoms. The lowest BCUT2D eigenvalue weighted by Crippen LogP contribution is -2.26. The van der Waals surface area contributed by atoms with Gasteiger partial charge in [0.1, 0.15) is 0 Å². The van der Waals surface area contributed by atoms with Crippen molar-refractivity contribution in [3.63, 3.8) is 0 Å². The van der Waals surface area contributed by atoms with Gasteiger partial charge in [-0.25, -0.2) is 0 Å². The van der Waals surface area contributed by atoms with Crippen LogP contribution in [-0.4, -0.2) is 19.1 Å². The fourth-order valence-corrected chi connectivity index (χ4v) is 3.03. The highest BCUT2D eigenvalue weighted by molar-refractivity contribution is 9.10. The highest BCUT2D eigenvalue weighted by Gasteiger charge is 2.17. The maximum Gasteiger partial charge on any atom is 0.251 e. The number of halogens is 1. The summed E-state index contributed by atoms with van der Waals surface area (Å²) < 4.78 is 12.2. The summed E-state index contributed by atoms with van der Waals surface area (Å²) in [6.45, 7) is 6.91. The van der Waals surface area contributed by atoms with Crippen molar-refractivity contribution in [3.8, 4) is 11.5 Å². The fourth-order valence-electron chi connectivity index (χ4n) is 2.37. The van der Waals surface area contributed by atoms with Crippen LogP contribution >= 0.6 is 15.9 Å². The molecule has 0 fully saturated rings. The quantitative estimate of drug-likeness (QED) is 0.741. The van der Waals surface area contributed by atoms with Crippen LogP contribution in [0.3, 0.4) is 0 Å². The van der Waals surface area contributed by atoms with Crippen LogP contribution in [0.25, 0.3) is 0 Å². The molecule has 0 saturated carbocycles. The van der Waals surface area contributed by atoms with Crippen molar-refractivity contribution in [1.82, 2.24) is 5.32 Å². The van der Waals surface area contributed by atoms with Gasteiger partial charge in [-0.1, -0.05) is 34.1 Å². The lowest BCUT2D eigenvalue weighted by atomic mass is 10.1. The zero-order valence-electron chi connectivity index (χ0n) is 14.1. The minimum absolute atomic E-state index is 0.109. The Kier molecular flexibility index (Phi) is 6.67. The second-order valence-electron chi connectivity index (χ2n) is 5.25. The van der Waals surface area contributed by atoms with Crippen molar-refractivity contribution in [3.05, 3.63) is 58.1 Å². The Morgan fingerprint density at radius 3 is 2.25 bits per heavy atom. The number of rotatable bonds is 7. The Morgan fingerprint density at radius 2 is 1.67 bits per heavy atom. The van der Waals surface area contributed by atoms with E-state index in [1.54, 1.807) is 12.1 Å². The highest BCUT2D eigenvalue weighted by atomic mass is 79.9. The standard InChI is InChI=1S/C19H22BrNO3/c1-4-23-17-11-15(16(20)12-18(17)24-5-2)13(3)21-19(22)14-9-7-6-8-10-14/h6-13H,4-5H2,1-3H3,(H,21,22). The van der Waals surface area contributed by atoms with Gasteiger partial charge >= 0.3 is 0 Å². The summed E-state index contributed by atoms with van der Waals surface area (Å²) in [5, 5.41) is 3.01. The van der Waals surface area contributed by atoms with Gasteiger partial charge in [-0.15, -0.1) is 0 Å². The van der Waals surface area contributed by atoms with Crippen LogP contribution in [0.5, 0.6) is 11.5 Å². The van der Waals surface area contributed by atoms with Crippen LogP contribution in [0.15, 0.2) is 46.9 Å². The van der Waals surface area contributed by atoms with E-state index in [-0.39, 0.29) is 11.9 Å². The van der Waals surface area contributed by atoms with Crippen LogP contribution in [0.2, 0.25) is 0 Å². The molecule has 4 nitrogen and oxygen atoms in total. The van der Waals surface area contributed by atoms with Gasteiger partial charge < -0.3 is 14.8 Å². The summed E-state index contributed by atoms with van der Waals surface area (Å²) in [6, 6.07) is 12.8. The van der Waals surface area contributed by atoms with E-state index in [1.165, 1.54) is 0 Å². The third-order valence-corrected chi connectivity index (χ3v) is 4.20. The first-order chi connectivity index (χ1) is 11.6. The molecule has 5 heteroatoms. The summed E-state index contributed by atoms with van der Waals surface area (Å²) in [5.74, 6) is 1.26. The van der Waals surface area contributed by atoms with Crippen LogP contribution in [0.4, 0.5) is 0 Å². The van der Waals surface area contributed by atoms with E-state index in [1.807, 2.05) is 51.1 Å². The molecule has 0 heterocycles. The number of nitrogens with one attached hydrogen (secondary N) is 1. The molecule has 2 aromatic rings. The van der Waals surface area contributed by atoms with Crippen LogP contribution < -0.4 is 14.8 Å². The summed E-state index contributed by atoms with van der Waals surface area (Å²) in [5.41, 5.74) is 1.57. The molecule has 1 atom stereocenters. The summed E-state index contributed by atoms with van der Waals surface area (Å²) >= 11 is 3.56. The zero-order valence-corrected chi connectivity index (χ0v) is 15.7. The summed E-state index contributed by atoms with van der Waals surface area (Å²) in [6.07, 6.45) is 0. The molecule has 2 aromatic carbocycles. The first kappa shape index (κ1) is 18.3. The Morgan fingerprint density at radius 1 is 1.08 bits per heavy atom. The highest BCUT2D eigenvalue weighted by Crippen LogP contribution is 2.36. The molecule has 0 aliphatic rings. The largest absolute Gasteiger partial charge is 0.490 e. The monoisotopic (exact) mass is 391 g/mol. The number of carbonyl (C=O) groups is 1. The Labute approximate surface area is 151 Å². The predicted molar refractivity (Wildman–Crippen MR) is 98.8 cm³/mol. The lowest BCUT2D eigenvalue weighted by molar-refractivity contribution is 0.0939. The maximum absolute atomic E-state index is 12.3. The first-order valence-corrected chi connectivity index (χ1v) is 8.81. The van der Waals surface area contributed by atoms with Crippen LogP contribution in [0.1, 0.15) is 42.7 Å². The molecule has 0 saturated heterocycles. The summed E-state index contributed by atoms with van der Waals surface area (Å²) in [4.78, 5) is 12.3. The van der Waals surface area contributed by atoms with Gasteiger partial charge in [0.25, 0.3) is 5.91 Å². The molecule has 1 N–H and O–H groups in total. The number of amides is 1. The molecular formula is C19H22BrNO3. The average Bonchev–Trinajstić information content (AvgIpc) is 2.58.